The van der Waals surface area contributed by atoms with Crippen LogP contribution in [0.2, 0.25) is 0 Å². The van der Waals surface area contributed by atoms with Gasteiger partial charge in [-0.25, -0.2) is 17.9 Å². The number of nitrogens with one attached hydrogen (secondary N) is 1. The number of sulfonamides is 1. The first kappa shape index (κ1) is 14.4. The van der Waals surface area contributed by atoms with Gasteiger partial charge in [0.15, 0.2) is 0 Å². The highest BCUT2D eigenvalue weighted by Gasteiger charge is 2.12. The predicted octanol–water partition coefficient (Wildman–Crippen LogP) is 2.53. The molecule has 0 unspecified atom stereocenters. The molecule has 0 radical (unpaired) electrons. The van der Waals surface area contributed by atoms with Gasteiger partial charge in [0.1, 0.15) is 5.82 Å². The van der Waals surface area contributed by atoms with E-state index in [2.05, 4.69) is 10.2 Å². The number of rotatable bonds is 3. The van der Waals surface area contributed by atoms with Gasteiger partial charge in [-0.15, -0.1) is 0 Å². The number of hydrogen-bond donors (Lipinski definition) is 2. The third-order valence-electron chi connectivity index (χ3n) is 3.25. The number of aromatic amines is 1. The summed E-state index contributed by atoms with van der Waals surface area (Å²) in [5.74, 6) is -0.314. The van der Waals surface area contributed by atoms with Gasteiger partial charge in [-0.05, 0) is 29.8 Å². The van der Waals surface area contributed by atoms with E-state index in [9.17, 15) is 12.8 Å². The number of H-pyrrole nitrogens is 1. The molecule has 0 aliphatic rings. The van der Waals surface area contributed by atoms with Gasteiger partial charge >= 0.3 is 0 Å². The summed E-state index contributed by atoms with van der Waals surface area (Å²) in [6.45, 7) is 0. The molecule has 5 nitrogen and oxygen atoms in total. The van der Waals surface area contributed by atoms with Crippen molar-refractivity contribution in [1.29, 1.82) is 0 Å². The summed E-state index contributed by atoms with van der Waals surface area (Å²) in [5, 5.41) is 12.0. The molecular formula is C15H12FN3O2S. The molecule has 0 aliphatic carbocycles. The summed E-state index contributed by atoms with van der Waals surface area (Å²) in [7, 11) is -3.73. The van der Waals surface area contributed by atoms with Crippen molar-refractivity contribution >= 4 is 10.0 Å². The van der Waals surface area contributed by atoms with E-state index in [1.807, 2.05) is 0 Å². The standard InChI is InChI=1S/C15H12FN3O2S/c16-12-5-1-10(2-6-12)14-9-18-19-15(14)11-3-7-13(8-4-11)22(17,20)21/h1-9H,(H,18,19)(H2,17,20,21). The summed E-state index contributed by atoms with van der Waals surface area (Å²) < 4.78 is 35.6. The Morgan fingerprint density at radius 3 is 2.14 bits per heavy atom. The minimum absolute atomic E-state index is 0.0371. The Bertz CT molecular complexity index is 901. The molecule has 7 heteroatoms. The average molecular weight is 317 g/mol. The Morgan fingerprint density at radius 2 is 1.55 bits per heavy atom. The normalized spacial score (nSPS) is 11.5. The summed E-state index contributed by atoms with van der Waals surface area (Å²) in [6, 6.07) is 12.2. The molecule has 0 saturated heterocycles. The highest BCUT2D eigenvalue weighted by molar-refractivity contribution is 7.89. The predicted molar refractivity (Wildman–Crippen MR) is 80.8 cm³/mol. The van der Waals surface area contributed by atoms with Crippen molar-refractivity contribution < 1.29 is 12.8 Å². The fourth-order valence-electron chi connectivity index (χ4n) is 2.16. The van der Waals surface area contributed by atoms with E-state index in [1.165, 1.54) is 24.3 Å². The molecule has 3 rings (SSSR count). The molecule has 0 aliphatic heterocycles. The Balaban J connectivity index is 2.03. The maximum atomic E-state index is 13.0. The van der Waals surface area contributed by atoms with Gasteiger partial charge in [0, 0.05) is 17.3 Å². The number of primary sulfonamides is 1. The Labute approximate surface area is 126 Å². The zero-order valence-corrected chi connectivity index (χ0v) is 12.1. The van der Waals surface area contributed by atoms with Crippen molar-refractivity contribution in [3.63, 3.8) is 0 Å². The third-order valence-corrected chi connectivity index (χ3v) is 4.18. The van der Waals surface area contributed by atoms with E-state index in [1.54, 1.807) is 30.5 Å². The average Bonchev–Trinajstić information content (AvgIpc) is 2.97. The monoisotopic (exact) mass is 317 g/mol. The van der Waals surface area contributed by atoms with Gasteiger partial charge in [0.2, 0.25) is 10.0 Å². The molecule has 0 bridgehead atoms. The summed E-state index contributed by atoms with van der Waals surface area (Å²) in [5.41, 5.74) is 2.98. The lowest BCUT2D eigenvalue weighted by Gasteiger charge is -2.04. The van der Waals surface area contributed by atoms with Crippen molar-refractivity contribution in [3.05, 3.63) is 60.5 Å². The maximum Gasteiger partial charge on any atom is 0.238 e. The van der Waals surface area contributed by atoms with E-state index in [0.29, 0.717) is 5.69 Å². The van der Waals surface area contributed by atoms with Gasteiger partial charge in [-0.3, -0.25) is 5.10 Å². The first-order valence-electron chi connectivity index (χ1n) is 6.38. The fourth-order valence-corrected chi connectivity index (χ4v) is 2.68. The number of nitrogens with zero attached hydrogens (tertiary/aromatic N) is 1. The quantitative estimate of drug-likeness (QED) is 0.778. The van der Waals surface area contributed by atoms with Crippen LogP contribution in [0, 0.1) is 5.82 Å². The first-order chi connectivity index (χ1) is 10.4. The zero-order chi connectivity index (χ0) is 15.7. The molecule has 22 heavy (non-hydrogen) atoms. The Hall–Kier alpha value is -2.51. The molecule has 2 aromatic carbocycles. The van der Waals surface area contributed by atoms with Crippen LogP contribution in [0.4, 0.5) is 4.39 Å². The summed E-state index contributed by atoms with van der Waals surface area (Å²) in [4.78, 5) is 0.0371. The lowest BCUT2D eigenvalue weighted by molar-refractivity contribution is 0.598. The Kier molecular flexibility index (Phi) is 3.51. The van der Waals surface area contributed by atoms with Crippen LogP contribution < -0.4 is 5.14 Å². The molecule has 0 fully saturated rings. The topological polar surface area (TPSA) is 88.8 Å². The lowest BCUT2D eigenvalue weighted by atomic mass is 10.0. The molecule has 0 saturated carbocycles. The SMILES string of the molecule is NS(=O)(=O)c1ccc(-c2n[nH]cc2-c2ccc(F)cc2)cc1. The molecule has 0 amide bonds. The molecule has 1 aromatic heterocycles. The van der Waals surface area contributed by atoms with E-state index in [4.69, 9.17) is 5.14 Å². The smallest absolute Gasteiger partial charge is 0.238 e. The van der Waals surface area contributed by atoms with E-state index in [-0.39, 0.29) is 10.7 Å². The van der Waals surface area contributed by atoms with Gasteiger partial charge in [-0.2, -0.15) is 5.10 Å². The number of halogens is 1. The van der Waals surface area contributed by atoms with Gasteiger partial charge in [-0.1, -0.05) is 24.3 Å². The molecule has 3 aromatic rings. The van der Waals surface area contributed by atoms with Gasteiger partial charge < -0.3 is 0 Å². The van der Waals surface area contributed by atoms with Crippen molar-refractivity contribution in [2.45, 2.75) is 4.90 Å². The van der Waals surface area contributed by atoms with Gasteiger partial charge in [0.05, 0.1) is 10.6 Å². The van der Waals surface area contributed by atoms with Crippen LogP contribution in [-0.4, -0.2) is 18.6 Å². The molecule has 0 spiro atoms. The number of nitrogens with two attached hydrogens (primary N) is 1. The van der Waals surface area contributed by atoms with Crippen molar-refractivity contribution in [3.8, 4) is 22.4 Å². The van der Waals surface area contributed by atoms with E-state index < -0.39 is 10.0 Å². The van der Waals surface area contributed by atoms with E-state index >= 15 is 0 Å². The summed E-state index contributed by atoms with van der Waals surface area (Å²) >= 11 is 0. The second-order valence-electron chi connectivity index (χ2n) is 4.72. The zero-order valence-electron chi connectivity index (χ0n) is 11.3. The first-order valence-corrected chi connectivity index (χ1v) is 7.93. The molecule has 1 heterocycles. The van der Waals surface area contributed by atoms with Crippen LogP contribution in [0.25, 0.3) is 22.4 Å². The second-order valence-corrected chi connectivity index (χ2v) is 6.29. The van der Waals surface area contributed by atoms with Crippen LogP contribution in [0.1, 0.15) is 0 Å². The maximum absolute atomic E-state index is 13.0. The molecule has 3 N–H and O–H groups in total. The highest BCUT2D eigenvalue weighted by Crippen LogP contribution is 2.30. The third kappa shape index (κ3) is 2.76. The molecular weight excluding hydrogens is 305 g/mol. The minimum Gasteiger partial charge on any atom is -0.284 e. The van der Waals surface area contributed by atoms with E-state index in [0.717, 1.165) is 16.7 Å². The van der Waals surface area contributed by atoms with Crippen LogP contribution >= 0.6 is 0 Å². The largest absolute Gasteiger partial charge is 0.284 e. The van der Waals surface area contributed by atoms with Crippen molar-refractivity contribution in [2.75, 3.05) is 0 Å². The Morgan fingerprint density at radius 1 is 0.955 bits per heavy atom. The number of benzene rings is 2. The second kappa shape index (κ2) is 5.36. The minimum atomic E-state index is -3.73. The highest BCUT2D eigenvalue weighted by atomic mass is 32.2. The number of aromatic nitrogens is 2. The van der Waals surface area contributed by atoms with Gasteiger partial charge in [0.25, 0.3) is 0 Å². The van der Waals surface area contributed by atoms with Crippen LogP contribution in [-0.2, 0) is 10.0 Å². The summed E-state index contributed by atoms with van der Waals surface area (Å²) in [6.07, 6.45) is 1.70. The number of hydrogen-bond acceptors (Lipinski definition) is 3. The molecule has 0 atom stereocenters. The molecule has 112 valence electrons. The van der Waals surface area contributed by atoms with Crippen LogP contribution in [0.5, 0.6) is 0 Å². The van der Waals surface area contributed by atoms with Crippen molar-refractivity contribution in [2.24, 2.45) is 5.14 Å². The lowest BCUT2D eigenvalue weighted by Crippen LogP contribution is -2.11. The van der Waals surface area contributed by atoms with Crippen LogP contribution in [0.3, 0.4) is 0 Å². The fraction of sp³-hybridized carbons (Fsp3) is 0. The van der Waals surface area contributed by atoms with Crippen molar-refractivity contribution in [1.82, 2.24) is 10.2 Å². The van der Waals surface area contributed by atoms with Crippen LogP contribution in [0.15, 0.2) is 59.6 Å².